The van der Waals surface area contributed by atoms with E-state index in [0.29, 0.717) is 41.4 Å². The number of aromatic nitrogens is 1. The van der Waals surface area contributed by atoms with Crippen LogP contribution in [0.4, 0.5) is 11.4 Å². The minimum Gasteiger partial charge on any atom is -0.426 e. The topological polar surface area (TPSA) is 211 Å². The second kappa shape index (κ2) is 19.5. The van der Waals surface area contributed by atoms with Gasteiger partial charge in [0.15, 0.2) is 0 Å². The molecule has 16 nitrogen and oxygen atoms in total. The first-order chi connectivity index (χ1) is 30.9. The van der Waals surface area contributed by atoms with E-state index in [4.69, 9.17) is 32.2 Å². The summed E-state index contributed by atoms with van der Waals surface area (Å²) in [4.78, 5) is 110. The fourth-order valence-electron chi connectivity index (χ4n) is 8.93. The Morgan fingerprint density at radius 3 is 1.58 bits per heavy atom. The maximum absolute atomic E-state index is 14.9. The van der Waals surface area contributed by atoms with Gasteiger partial charge in [-0.2, -0.15) is 0 Å². The fraction of sp³-hybridized carbons (Fsp3) is 0.295. The quantitative estimate of drug-likeness (QED) is 0.0292. The zero-order valence-electron chi connectivity index (χ0n) is 34.1. The second-order valence-electron chi connectivity index (χ2n) is 15.5. The number of benzene rings is 4. The zero-order valence-corrected chi connectivity index (χ0v) is 37.4. The number of nitrogens with one attached hydrogen (secondary N) is 1. The predicted molar refractivity (Wildman–Crippen MR) is 244 cm³/mol. The van der Waals surface area contributed by atoms with Crippen molar-refractivity contribution < 1.29 is 52.6 Å². The summed E-state index contributed by atoms with van der Waals surface area (Å²) in [7, 11) is -5.60. The molecule has 0 bridgehead atoms. The third-order valence-corrected chi connectivity index (χ3v) is 13.2. The summed E-state index contributed by atoms with van der Waals surface area (Å²) in [6.07, 6.45) is 4.27. The third-order valence-electron chi connectivity index (χ3n) is 11.7. The molecule has 5 N–H and O–H groups in total. The molecule has 0 fully saturated rings. The molecule has 5 amide bonds. The number of imide groups is 1. The maximum atomic E-state index is 14.9. The van der Waals surface area contributed by atoms with Gasteiger partial charge in [-0.25, -0.2) is 0 Å². The zero-order chi connectivity index (χ0) is 45.2. The lowest BCUT2D eigenvalue weighted by atomic mass is 9.95. The van der Waals surface area contributed by atoms with Crippen molar-refractivity contribution in [3.05, 3.63) is 107 Å². The first-order valence-electron chi connectivity index (χ1n) is 20.5. The van der Waals surface area contributed by atoms with Crippen LogP contribution in [0.3, 0.4) is 0 Å². The highest BCUT2D eigenvalue weighted by Gasteiger charge is 2.39. The number of halogens is 2. The average Bonchev–Trinajstić information content (AvgIpc) is 4.06. The Morgan fingerprint density at radius 1 is 0.656 bits per heavy atom. The molecule has 2 atom stereocenters. The molecular formula is C44H43Cl2N5O11P2. The van der Waals surface area contributed by atoms with Crippen molar-refractivity contribution in [2.75, 3.05) is 47.7 Å². The van der Waals surface area contributed by atoms with E-state index in [0.717, 1.165) is 26.8 Å². The lowest BCUT2D eigenvalue weighted by Gasteiger charge is -2.23. The van der Waals surface area contributed by atoms with Crippen molar-refractivity contribution in [3.8, 4) is 11.5 Å². The molecule has 4 heterocycles. The Bertz CT molecular complexity index is 2530. The van der Waals surface area contributed by atoms with Gasteiger partial charge in [0.2, 0.25) is 5.91 Å². The van der Waals surface area contributed by atoms with Crippen LogP contribution in [0, 0.1) is 0 Å². The number of carbonyl (C=O) groups excluding carboxylic acids is 5. The molecule has 1 aromatic heterocycles. The number of carbonyl (C=O) groups is 5. The number of fused-ring (bicyclic) bond motifs is 6. The average molecular weight is 951 g/mol. The molecule has 334 valence electrons. The number of nitrogens with zero attached hydrogens (tertiary/aromatic N) is 4. The molecule has 3 aliphatic heterocycles. The molecule has 0 unspecified atom stereocenters. The maximum Gasteiger partial charge on any atom is 0.391 e. The lowest BCUT2D eigenvalue weighted by molar-refractivity contribution is -0.137. The third kappa shape index (κ3) is 8.94. The Labute approximate surface area is 379 Å². The van der Waals surface area contributed by atoms with Crippen LogP contribution in [0.5, 0.6) is 11.5 Å². The molecule has 0 spiro atoms. The van der Waals surface area contributed by atoms with Gasteiger partial charge in [0, 0.05) is 97.8 Å². The molecule has 4 aromatic carbocycles. The van der Waals surface area contributed by atoms with Crippen LogP contribution in [0.1, 0.15) is 69.6 Å². The molecule has 8 rings (SSSR count). The Balaban J connectivity index is 1.10. The van der Waals surface area contributed by atoms with Gasteiger partial charge < -0.3 is 48.3 Å². The molecule has 0 saturated heterocycles. The predicted octanol–water partition coefficient (Wildman–Crippen LogP) is 6.54. The van der Waals surface area contributed by atoms with Gasteiger partial charge in [-0.1, -0.05) is 55.0 Å². The van der Waals surface area contributed by atoms with Crippen molar-refractivity contribution in [2.24, 2.45) is 0 Å². The first kappa shape index (κ1) is 45.4. The Morgan fingerprint density at radius 2 is 1.12 bits per heavy atom. The monoisotopic (exact) mass is 949 g/mol. The second-order valence-corrected chi connectivity index (χ2v) is 17.5. The number of amides is 5. The SMILES string of the molecule is O=C(CCCCCN1C(=O)C=CC1=O)NCCn1c(C(=O)N2C[C@@H](CCl)c3c2cc(OP(O)O)c2ccccc32)ccc1C(=O)N1C[C@@H](CCl)c2c1cc(OP(O)O)c1ccccc21. The van der Waals surface area contributed by atoms with E-state index in [9.17, 15) is 43.5 Å². The van der Waals surface area contributed by atoms with Crippen molar-refractivity contribution in [1.82, 2.24) is 14.8 Å². The molecular weight excluding hydrogens is 907 g/mol. The van der Waals surface area contributed by atoms with E-state index >= 15 is 0 Å². The van der Waals surface area contributed by atoms with Crippen LogP contribution in [-0.4, -0.2) is 96.5 Å². The molecule has 0 saturated carbocycles. The molecule has 0 radical (unpaired) electrons. The van der Waals surface area contributed by atoms with Gasteiger partial charge in [0.05, 0.1) is 11.4 Å². The van der Waals surface area contributed by atoms with Crippen LogP contribution in [0.25, 0.3) is 21.5 Å². The molecule has 0 aliphatic carbocycles. The summed E-state index contributed by atoms with van der Waals surface area (Å²) in [5.41, 5.74) is 2.73. The summed E-state index contributed by atoms with van der Waals surface area (Å²) in [5.74, 6) is -1.89. The Kier molecular flexibility index (Phi) is 13.9. The van der Waals surface area contributed by atoms with Crippen molar-refractivity contribution in [2.45, 2.75) is 44.1 Å². The first-order valence-corrected chi connectivity index (χ1v) is 23.9. The van der Waals surface area contributed by atoms with Gasteiger partial charge in [0.25, 0.3) is 23.6 Å². The van der Waals surface area contributed by atoms with E-state index in [2.05, 4.69) is 5.32 Å². The molecule has 20 heteroatoms. The van der Waals surface area contributed by atoms with E-state index < -0.39 is 29.0 Å². The van der Waals surface area contributed by atoms with E-state index in [1.165, 1.54) is 22.0 Å². The number of unbranched alkanes of at least 4 members (excludes halogenated alkanes) is 2. The van der Waals surface area contributed by atoms with Crippen molar-refractivity contribution in [3.63, 3.8) is 0 Å². The minimum absolute atomic E-state index is 0.00311. The van der Waals surface area contributed by atoms with Gasteiger partial charge in [-0.15, -0.1) is 23.2 Å². The van der Waals surface area contributed by atoms with E-state index in [-0.39, 0.29) is 103 Å². The van der Waals surface area contributed by atoms with Crippen molar-refractivity contribution in [1.29, 1.82) is 0 Å². The minimum atomic E-state index is -2.80. The van der Waals surface area contributed by atoms with Gasteiger partial charge >= 0.3 is 17.2 Å². The standard InChI is InChI=1S/C44H43Cl2N5O11P2/c45-22-26-24-50(34-20-36(61-63(57)58)28-8-3-5-10-30(28)41(26)34)43(55)32-13-14-33(48(32)19-17-47-38(52)12-2-1-7-18-49-39(53)15-16-40(49)54)44(56)51-25-27(23-46)42-31-11-6-4-9-29(31)37(21-35(42)51)62-64(59)60/h3-6,8-11,13-16,20-21,26-27,57-60H,1-2,7,12,17-19,22-25H2,(H,47,52)/t26-,27-/m1/s1. The summed E-state index contributed by atoms with van der Waals surface area (Å²) in [6, 6.07) is 20.8. The summed E-state index contributed by atoms with van der Waals surface area (Å²) in [5, 5.41) is 5.57. The molecule has 64 heavy (non-hydrogen) atoms. The molecule has 5 aromatic rings. The summed E-state index contributed by atoms with van der Waals surface area (Å²) < 4.78 is 12.5. The highest BCUT2D eigenvalue weighted by Crippen LogP contribution is 2.49. The number of anilines is 2. The highest BCUT2D eigenvalue weighted by atomic mass is 35.5. The van der Waals surface area contributed by atoms with Gasteiger partial charge in [-0.3, -0.25) is 28.9 Å². The summed E-state index contributed by atoms with van der Waals surface area (Å²) >= 11 is 13.1. The van der Waals surface area contributed by atoms with Gasteiger partial charge in [-0.05, 0) is 46.9 Å². The number of hydrogen-bond acceptors (Lipinski definition) is 11. The number of rotatable bonds is 17. The largest absolute Gasteiger partial charge is 0.426 e. The van der Waals surface area contributed by atoms with Crippen LogP contribution >= 0.6 is 40.4 Å². The fourth-order valence-corrected chi connectivity index (χ4v) is 10.1. The smallest absolute Gasteiger partial charge is 0.391 e. The number of hydrogen-bond donors (Lipinski definition) is 5. The van der Waals surface area contributed by atoms with Crippen LogP contribution in [-0.2, 0) is 20.9 Å². The van der Waals surface area contributed by atoms with Crippen molar-refractivity contribution >= 4 is 103 Å². The van der Waals surface area contributed by atoms with Gasteiger partial charge in [0.1, 0.15) is 22.9 Å². The Hall–Kier alpha value is -5.15. The van der Waals surface area contributed by atoms with Crippen LogP contribution < -0.4 is 24.2 Å². The number of alkyl halides is 2. The van der Waals surface area contributed by atoms with E-state index in [1.54, 1.807) is 53.1 Å². The van der Waals surface area contributed by atoms with Crippen LogP contribution in [0.2, 0.25) is 0 Å². The normalized spacial score (nSPS) is 16.8. The molecule has 3 aliphatic rings. The highest BCUT2D eigenvalue weighted by molar-refractivity contribution is 7.40. The lowest BCUT2D eigenvalue weighted by Crippen LogP contribution is -2.36. The summed E-state index contributed by atoms with van der Waals surface area (Å²) in [6.45, 7) is 0.646. The van der Waals surface area contributed by atoms with E-state index in [1.807, 2.05) is 24.3 Å². The van der Waals surface area contributed by atoms with Crippen LogP contribution in [0.15, 0.2) is 84.9 Å².